The van der Waals surface area contributed by atoms with Crippen LogP contribution in [0.3, 0.4) is 0 Å². The molecular weight excluding hydrogens is 343 g/mol. The molecule has 0 atom stereocenters. The zero-order chi connectivity index (χ0) is 19.4. The fourth-order valence-corrected chi connectivity index (χ4v) is 2.63. The van der Waals surface area contributed by atoms with Crippen molar-refractivity contribution in [2.75, 3.05) is 10.6 Å². The number of nitrogens with one attached hydrogen (secondary N) is 2. The zero-order valence-electron chi connectivity index (χ0n) is 15.5. The van der Waals surface area contributed by atoms with Crippen molar-refractivity contribution in [1.29, 1.82) is 0 Å². The van der Waals surface area contributed by atoms with Gasteiger partial charge in [0, 0.05) is 18.1 Å². The first kappa shape index (κ1) is 18.5. The standard InChI is InChI=1S/C21H21FN4O/c1-21(2,3)15-8-4-6-10-17(15)26-20-23-12-14(13-24-20)19(27)25-18-11-7-5-9-16(18)22/h4-13H,1-3H3,(H,25,27)(H,23,24,26). The summed E-state index contributed by atoms with van der Waals surface area (Å²) in [5.41, 5.74) is 2.36. The maximum Gasteiger partial charge on any atom is 0.258 e. The van der Waals surface area contributed by atoms with E-state index in [1.165, 1.54) is 24.5 Å². The molecule has 0 bridgehead atoms. The van der Waals surface area contributed by atoms with Crippen molar-refractivity contribution < 1.29 is 9.18 Å². The molecular formula is C21H21FN4O. The molecule has 3 rings (SSSR count). The number of rotatable bonds is 4. The first-order valence-corrected chi connectivity index (χ1v) is 8.59. The highest BCUT2D eigenvalue weighted by Crippen LogP contribution is 2.30. The molecule has 1 aromatic heterocycles. The first-order valence-electron chi connectivity index (χ1n) is 8.59. The third-order valence-corrected chi connectivity index (χ3v) is 4.02. The second kappa shape index (κ2) is 7.53. The Hall–Kier alpha value is -3.28. The number of anilines is 3. The summed E-state index contributed by atoms with van der Waals surface area (Å²) in [6.07, 6.45) is 2.82. The van der Waals surface area contributed by atoms with Crippen LogP contribution in [-0.2, 0) is 5.41 Å². The van der Waals surface area contributed by atoms with Crippen molar-refractivity contribution in [3.8, 4) is 0 Å². The van der Waals surface area contributed by atoms with Gasteiger partial charge in [-0.1, -0.05) is 51.1 Å². The molecule has 0 fully saturated rings. The summed E-state index contributed by atoms with van der Waals surface area (Å²) in [5, 5.41) is 5.70. The molecule has 0 unspecified atom stereocenters. The normalized spacial score (nSPS) is 11.1. The third-order valence-electron chi connectivity index (χ3n) is 4.02. The van der Waals surface area contributed by atoms with Gasteiger partial charge in [0.1, 0.15) is 5.82 Å². The maximum atomic E-state index is 13.7. The summed E-state index contributed by atoms with van der Waals surface area (Å²) in [6, 6.07) is 13.9. The number of benzene rings is 2. The van der Waals surface area contributed by atoms with Crippen LogP contribution in [0.15, 0.2) is 60.9 Å². The van der Waals surface area contributed by atoms with E-state index in [4.69, 9.17) is 0 Å². The minimum absolute atomic E-state index is 0.0385. The van der Waals surface area contributed by atoms with Gasteiger partial charge < -0.3 is 10.6 Å². The summed E-state index contributed by atoms with van der Waals surface area (Å²) in [5.74, 6) is -0.584. The van der Waals surface area contributed by atoms with E-state index in [-0.39, 0.29) is 16.7 Å². The number of hydrogen-bond donors (Lipinski definition) is 2. The van der Waals surface area contributed by atoms with Gasteiger partial charge in [-0.15, -0.1) is 0 Å². The fourth-order valence-electron chi connectivity index (χ4n) is 2.63. The predicted molar refractivity (Wildman–Crippen MR) is 105 cm³/mol. The molecule has 0 spiro atoms. The number of para-hydroxylation sites is 2. The highest BCUT2D eigenvalue weighted by atomic mass is 19.1. The molecule has 1 heterocycles. The lowest BCUT2D eigenvalue weighted by Crippen LogP contribution is -2.15. The zero-order valence-corrected chi connectivity index (χ0v) is 15.5. The van der Waals surface area contributed by atoms with Gasteiger partial charge in [-0.2, -0.15) is 0 Å². The Balaban J connectivity index is 1.75. The van der Waals surface area contributed by atoms with Crippen LogP contribution in [-0.4, -0.2) is 15.9 Å². The largest absolute Gasteiger partial charge is 0.324 e. The Morgan fingerprint density at radius 2 is 1.52 bits per heavy atom. The number of nitrogens with zero attached hydrogens (tertiary/aromatic N) is 2. The van der Waals surface area contributed by atoms with Gasteiger partial charge >= 0.3 is 0 Å². The topological polar surface area (TPSA) is 66.9 Å². The number of amides is 1. The summed E-state index contributed by atoms with van der Waals surface area (Å²) in [4.78, 5) is 20.7. The van der Waals surface area contributed by atoms with Gasteiger partial charge in [-0.25, -0.2) is 14.4 Å². The minimum atomic E-state index is -0.496. The number of hydrogen-bond acceptors (Lipinski definition) is 4. The molecule has 3 aromatic rings. The summed E-state index contributed by atoms with van der Waals surface area (Å²) >= 11 is 0. The van der Waals surface area contributed by atoms with Gasteiger partial charge in [0.25, 0.3) is 5.91 Å². The summed E-state index contributed by atoms with van der Waals surface area (Å²) in [6.45, 7) is 6.39. The second-order valence-corrected chi connectivity index (χ2v) is 7.15. The van der Waals surface area contributed by atoms with Crippen LogP contribution in [0, 0.1) is 5.82 Å². The van der Waals surface area contributed by atoms with Gasteiger partial charge in [0.05, 0.1) is 11.3 Å². The maximum absolute atomic E-state index is 13.7. The molecule has 6 heteroatoms. The van der Waals surface area contributed by atoms with Crippen LogP contribution in [0.4, 0.5) is 21.7 Å². The molecule has 0 aliphatic carbocycles. The number of aromatic nitrogens is 2. The molecule has 27 heavy (non-hydrogen) atoms. The van der Waals surface area contributed by atoms with Gasteiger partial charge in [0.15, 0.2) is 0 Å². The molecule has 0 aliphatic rings. The number of carbonyl (C=O) groups excluding carboxylic acids is 1. The Morgan fingerprint density at radius 1 is 0.926 bits per heavy atom. The van der Waals surface area contributed by atoms with Gasteiger partial charge in [-0.05, 0) is 29.2 Å². The average molecular weight is 364 g/mol. The third kappa shape index (κ3) is 4.47. The van der Waals surface area contributed by atoms with Crippen molar-refractivity contribution in [2.45, 2.75) is 26.2 Å². The Labute approximate surface area is 157 Å². The summed E-state index contributed by atoms with van der Waals surface area (Å²) < 4.78 is 13.7. The fraction of sp³-hybridized carbons (Fsp3) is 0.190. The first-order chi connectivity index (χ1) is 12.8. The smallest absolute Gasteiger partial charge is 0.258 e. The number of halogens is 1. The van der Waals surface area contributed by atoms with Gasteiger partial charge in [0.2, 0.25) is 5.95 Å². The Morgan fingerprint density at radius 3 is 2.15 bits per heavy atom. The van der Waals surface area contributed by atoms with Crippen molar-refractivity contribution in [3.05, 3.63) is 77.9 Å². The molecule has 0 saturated heterocycles. The highest BCUT2D eigenvalue weighted by Gasteiger charge is 2.18. The molecule has 0 saturated carbocycles. The lowest BCUT2D eigenvalue weighted by Gasteiger charge is -2.22. The SMILES string of the molecule is CC(C)(C)c1ccccc1Nc1ncc(C(=O)Nc2ccccc2F)cn1. The number of carbonyl (C=O) groups is 1. The molecule has 0 radical (unpaired) electrons. The second-order valence-electron chi connectivity index (χ2n) is 7.15. The molecule has 5 nitrogen and oxygen atoms in total. The average Bonchev–Trinajstić information content (AvgIpc) is 2.64. The van der Waals surface area contributed by atoms with Crippen LogP contribution in [0.1, 0.15) is 36.7 Å². The van der Waals surface area contributed by atoms with E-state index in [1.807, 2.05) is 18.2 Å². The molecule has 138 valence electrons. The van der Waals surface area contributed by atoms with E-state index in [0.29, 0.717) is 5.95 Å². The van der Waals surface area contributed by atoms with Gasteiger partial charge in [-0.3, -0.25) is 4.79 Å². The monoisotopic (exact) mass is 364 g/mol. The Bertz CT molecular complexity index is 949. The molecule has 0 aliphatic heterocycles. The molecule has 1 amide bonds. The quantitative estimate of drug-likeness (QED) is 0.690. The van der Waals surface area contributed by atoms with Crippen LogP contribution < -0.4 is 10.6 Å². The van der Waals surface area contributed by atoms with E-state index >= 15 is 0 Å². The van der Waals surface area contributed by atoms with E-state index in [0.717, 1.165) is 11.3 Å². The van der Waals surface area contributed by atoms with Crippen LogP contribution in [0.5, 0.6) is 0 Å². The van der Waals surface area contributed by atoms with Crippen LogP contribution >= 0.6 is 0 Å². The van der Waals surface area contributed by atoms with Crippen molar-refractivity contribution in [2.24, 2.45) is 0 Å². The lowest BCUT2D eigenvalue weighted by molar-refractivity contribution is 0.102. The Kier molecular flexibility index (Phi) is 5.16. The van der Waals surface area contributed by atoms with Crippen molar-refractivity contribution in [1.82, 2.24) is 9.97 Å². The predicted octanol–water partition coefficient (Wildman–Crippen LogP) is 4.91. The summed E-state index contributed by atoms with van der Waals surface area (Å²) in [7, 11) is 0. The molecule has 2 N–H and O–H groups in total. The van der Waals surface area contributed by atoms with Crippen molar-refractivity contribution >= 4 is 23.2 Å². The van der Waals surface area contributed by atoms with E-state index < -0.39 is 11.7 Å². The van der Waals surface area contributed by atoms with Crippen LogP contribution in [0.25, 0.3) is 0 Å². The lowest BCUT2D eigenvalue weighted by atomic mass is 9.86. The minimum Gasteiger partial charge on any atom is -0.324 e. The van der Waals surface area contributed by atoms with Crippen LogP contribution in [0.2, 0.25) is 0 Å². The van der Waals surface area contributed by atoms with Crippen molar-refractivity contribution in [3.63, 3.8) is 0 Å². The van der Waals surface area contributed by atoms with E-state index in [9.17, 15) is 9.18 Å². The van der Waals surface area contributed by atoms with E-state index in [2.05, 4.69) is 47.4 Å². The van der Waals surface area contributed by atoms with E-state index in [1.54, 1.807) is 12.1 Å². The molecule has 2 aromatic carbocycles. The highest BCUT2D eigenvalue weighted by molar-refractivity contribution is 6.03.